The number of rotatable bonds is 9. The highest BCUT2D eigenvalue weighted by Gasteiger charge is 2.30. The number of hydrogen-bond acceptors (Lipinski definition) is 5. The van der Waals surface area contributed by atoms with Gasteiger partial charge in [0, 0.05) is 19.3 Å². The molecule has 1 aromatic heterocycles. The zero-order chi connectivity index (χ0) is 18.3. The second-order valence-electron chi connectivity index (χ2n) is 5.52. The fraction of sp³-hybridized carbons (Fsp3) is 0.353. The van der Waals surface area contributed by atoms with Crippen LogP contribution in [0.15, 0.2) is 53.1 Å². The predicted molar refractivity (Wildman–Crippen MR) is 99.7 cm³/mol. The Labute approximate surface area is 152 Å². The second kappa shape index (κ2) is 9.07. The minimum Gasteiger partial charge on any atom is -0.468 e. The molecule has 1 aromatic carbocycles. The van der Waals surface area contributed by atoms with Crippen molar-refractivity contribution in [3.63, 3.8) is 0 Å². The molecule has 0 bridgehead atoms. The number of furan rings is 1. The fourth-order valence-electron chi connectivity index (χ4n) is 2.26. The maximum atomic E-state index is 12.6. The Morgan fingerprint density at radius 2 is 1.96 bits per heavy atom. The monoisotopic (exact) mass is 382 g/mol. The first kappa shape index (κ1) is 19.6. The number of hydrogen-bond donors (Lipinski definition) is 1. The topological polar surface area (TPSA) is 79.6 Å². The molecule has 1 atom stereocenters. The Hall–Kier alpha value is -1.77. The first-order valence-electron chi connectivity index (χ1n) is 7.75. The molecule has 0 radical (unpaired) electrons. The summed E-state index contributed by atoms with van der Waals surface area (Å²) in [5, 5.41) is 2.82. The van der Waals surface area contributed by atoms with Crippen LogP contribution in [-0.4, -0.2) is 44.2 Å². The molecule has 136 valence electrons. The number of nitrogens with one attached hydrogen (secondary N) is 1. The Morgan fingerprint density at radius 3 is 2.56 bits per heavy atom. The van der Waals surface area contributed by atoms with Gasteiger partial charge in [-0.25, -0.2) is 8.42 Å². The molecule has 6 nitrogen and oxygen atoms in total. The minimum absolute atomic E-state index is 0.335. The molecule has 0 saturated heterocycles. The van der Waals surface area contributed by atoms with Crippen LogP contribution < -0.4 is 5.32 Å². The van der Waals surface area contributed by atoms with Crippen molar-refractivity contribution in [1.82, 2.24) is 9.62 Å². The van der Waals surface area contributed by atoms with Crippen molar-refractivity contribution in [2.75, 3.05) is 25.6 Å². The molecule has 1 heterocycles. The number of benzene rings is 1. The van der Waals surface area contributed by atoms with Gasteiger partial charge in [-0.3, -0.25) is 4.79 Å². The average molecular weight is 383 g/mol. The van der Waals surface area contributed by atoms with Gasteiger partial charge in [0.15, 0.2) is 0 Å². The number of carbonyl (C=O) groups excluding carboxylic acids is 1. The van der Waals surface area contributed by atoms with E-state index in [0.29, 0.717) is 17.9 Å². The highest BCUT2D eigenvalue weighted by Crippen LogP contribution is 2.22. The van der Waals surface area contributed by atoms with Crippen molar-refractivity contribution >= 4 is 27.7 Å². The maximum absolute atomic E-state index is 12.6. The minimum atomic E-state index is -3.51. The van der Waals surface area contributed by atoms with Crippen LogP contribution in [0.2, 0.25) is 0 Å². The van der Waals surface area contributed by atoms with E-state index in [1.54, 1.807) is 42.3 Å². The lowest BCUT2D eigenvalue weighted by Gasteiger charge is -2.25. The molecule has 2 aromatic rings. The summed E-state index contributed by atoms with van der Waals surface area (Å²) in [5.74, 6) is 1.98. The van der Waals surface area contributed by atoms with E-state index in [1.807, 2.05) is 18.2 Å². The Balaban J connectivity index is 1.93. The summed E-state index contributed by atoms with van der Waals surface area (Å²) >= 11 is 1.63. The van der Waals surface area contributed by atoms with Crippen molar-refractivity contribution in [2.45, 2.75) is 11.8 Å². The molecule has 8 heteroatoms. The lowest BCUT2D eigenvalue weighted by Crippen LogP contribution is -2.41. The molecule has 0 saturated carbocycles. The van der Waals surface area contributed by atoms with E-state index in [9.17, 15) is 13.2 Å². The summed E-state index contributed by atoms with van der Waals surface area (Å²) in [7, 11) is -2.09. The zero-order valence-electron chi connectivity index (χ0n) is 14.2. The first-order chi connectivity index (χ1) is 11.9. The zero-order valence-corrected chi connectivity index (χ0v) is 15.8. The van der Waals surface area contributed by atoms with Crippen molar-refractivity contribution in [2.24, 2.45) is 0 Å². The van der Waals surface area contributed by atoms with E-state index in [2.05, 4.69) is 5.32 Å². The van der Waals surface area contributed by atoms with Crippen molar-refractivity contribution in [1.29, 1.82) is 0 Å². The number of likely N-dealkylation sites (N-methyl/N-ethyl adjacent to an activating group) is 1. The van der Waals surface area contributed by atoms with Crippen LogP contribution in [0.5, 0.6) is 0 Å². The van der Waals surface area contributed by atoms with E-state index in [-0.39, 0.29) is 5.91 Å². The van der Waals surface area contributed by atoms with Gasteiger partial charge in [0.05, 0.1) is 18.3 Å². The van der Waals surface area contributed by atoms with Crippen molar-refractivity contribution < 1.29 is 17.6 Å². The molecule has 0 aliphatic carbocycles. The summed E-state index contributed by atoms with van der Waals surface area (Å²) < 4.78 is 30.1. The molecular formula is C17H22N2O4S2. The predicted octanol–water partition coefficient (Wildman–Crippen LogP) is 2.26. The molecule has 0 aliphatic rings. The van der Waals surface area contributed by atoms with Crippen LogP contribution in [0.3, 0.4) is 0 Å². The van der Waals surface area contributed by atoms with Gasteiger partial charge >= 0.3 is 0 Å². The van der Waals surface area contributed by atoms with E-state index in [0.717, 1.165) is 22.1 Å². The highest BCUT2D eigenvalue weighted by molar-refractivity contribution is 7.98. The molecule has 0 aliphatic heterocycles. The summed E-state index contributed by atoms with van der Waals surface area (Å²) in [6, 6.07) is 11.7. The molecule has 0 fully saturated rings. The smallest absolute Gasteiger partial charge is 0.243 e. The van der Waals surface area contributed by atoms with Gasteiger partial charge in [-0.1, -0.05) is 30.3 Å². The van der Waals surface area contributed by atoms with Gasteiger partial charge in [0.25, 0.3) is 0 Å². The van der Waals surface area contributed by atoms with E-state index < -0.39 is 16.1 Å². The highest BCUT2D eigenvalue weighted by atomic mass is 32.2. The number of nitrogens with zero attached hydrogens (tertiary/aromatic N) is 1. The van der Waals surface area contributed by atoms with Crippen molar-refractivity contribution in [3.05, 3.63) is 60.1 Å². The molecule has 1 amide bonds. The largest absolute Gasteiger partial charge is 0.468 e. The quantitative estimate of drug-likeness (QED) is 0.673. The number of carbonyl (C=O) groups is 1. The van der Waals surface area contributed by atoms with Gasteiger partial charge in [-0.2, -0.15) is 16.1 Å². The maximum Gasteiger partial charge on any atom is 0.243 e. The van der Waals surface area contributed by atoms with Crippen LogP contribution in [-0.2, 0) is 20.6 Å². The third kappa shape index (κ3) is 5.91. The lowest BCUT2D eigenvalue weighted by molar-refractivity contribution is -0.124. The van der Waals surface area contributed by atoms with Gasteiger partial charge in [0.2, 0.25) is 15.9 Å². The lowest BCUT2D eigenvalue weighted by atomic mass is 10.1. The van der Waals surface area contributed by atoms with Crippen LogP contribution in [0.1, 0.15) is 17.4 Å². The van der Waals surface area contributed by atoms with Crippen LogP contribution in [0.4, 0.5) is 0 Å². The molecule has 2 rings (SSSR count). The summed E-state index contributed by atoms with van der Waals surface area (Å²) in [6.07, 6.45) is 2.72. The SMILES string of the molecule is CN([C@H](C(=O)NCCSCc1ccco1)c1ccccc1)S(C)(=O)=O. The van der Waals surface area contributed by atoms with Crippen LogP contribution >= 0.6 is 11.8 Å². The Bertz CT molecular complexity index is 761. The molecule has 1 N–H and O–H groups in total. The molecule has 0 unspecified atom stereocenters. The van der Waals surface area contributed by atoms with Gasteiger partial charge in [-0.05, 0) is 17.7 Å². The summed E-state index contributed by atoms with van der Waals surface area (Å²) in [4.78, 5) is 12.6. The molecule has 0 spiro atoms. The van der Waals surface area contributed by atoms with Gasteiger partial charge < -0.3 is 9.73 Å². The van der Waals surface area contributed by atoms with Crippen LogP contribution in [0, 0.1) is 0 Å². The third-order valence-electron chi connectivity index (χ3n) is 3.62. The normalized spacial score (nSPS) is 12.9. The summed E-state index contributed by atoms with van der Waals surface area (Å²) in [6.45, 7) is 0.450. The van der Waals surface area contributed by atoms with E-state index in [4.69, 9.17) is 4.42 Å². The first-order valence-corrected chi connectivity index (χ1v) is 10.8. The van der Waals surface area contributed by atoms with Gasteiger partial charge in [0.1, 0.15) is 11.8 Å². The second-order valence-corrected chi connectivity index (χ2v) is 8.66. The number of sulfonamides is 1. The fourth-order valence-corrected chi connectivity index (χ4v) is 3.62. The Morgan fingerprint density at radius 1 is 1.24 bits per heavy atom. The molecular weight excluding hydrogens is 360 g/mol. The van der Waals surface area contributed by atoms with E-state index in [1.165, 1.54) is 7.05 Å². The number of thioether (sulfide) groups is 1. The van der Waals surface area contributed by atoms with Crippen molar-refractivity contribution in [3.8, 4) is 0 Å². The van der Waals surface area contributed by atoms with E-state index >= 15 is 0 Å². The average Bonchev–Trinajstić information content (AvgIpc) is 3.08. The molecule has 25 heavy (non-hydrogen) atoms. The van der Waals surface area contributed by atoms with Crippen LogP contribution in [0.25, 0.3) is 0 Å². The number of amides is 1. The Kier molecular flexibility index (Phi) is 7.10. The summed E-state index contributed by atoms with van der Waals surface area (Å²) in [5.41, 5.74) is 0.635. The standard InChI is InChI=1S/C17H22N2O4S2/c1-19(25(2,21)22)16(14-7-4-3-5-8-14)17(20)18-10-12-24-13-15-9-6-11-23-15/h3-9,11,16H,10,12-13H2,1-2H3,(H,18,20)/t16-/m0/s1. The van der Waals surface area contributed by atoms with Gasteiger partial charge in [-0.15, -0.1) is 0 Å². The third-order valence-corrected chi connectivity index (χ3v) is 5.86.